The van der Waals surface area contributed by atoms with E-state index in [4.69, 9.17) is 10.5 Å². The maximum Gasteiger partial charge on any atom is 0.222 e. The molecule has 4 nitrogen and oxygen atoms in total. The molecule has 3 atom stereocenters. The number of ether oxygens (including phenoxy) is 1. The average molecular weight is 316 g/mol. The second-order valence-electron chi connectivity index (χ2n) is 7.64. The number of benzene rings is 1. The molecule has 0 bridgehead atoms. The highest BCUT2D eigenvalue weighted by Gasteiger charge is 2.48. The normalized spacial score (nSPS) is 26.4. The number of primary amides is 1. The van der Waals surface area contributed by atoms with Crippen molar-refractivity contribution in [2.75, 3.05) is 13.6 Å². The van der Waals surface area contributed by atoms with Crippen LogP contribution < -0.4 is 10.5 Å². The van der Waals surface area contributed by atoms with Gasteiger partial charge in [-0.25, -0.2) is 0 Å². The standard InChI is InChI=1S/C19H28N2O2/c1-19(2,17(18(20)22)14-8-6-12-21(14)3)16-11-10-13-7-4-5-9-15(13)23-16/h4-5,7,9,14,16-17H,6,8,10-12H2,1-3H3,(H2,20,22)/t14-,16+,17?/m0/s1. The van der Waals surface area contributed by atoms with E-state index in [0.717, 1.165) is 38.0 Å². The maximum atomic E-state index is 12.3. The van der Waals surface area contributed by atoms with Crippen molar-refractivity contribution >= 4 is 5.91 Å². The molecule has 3 rings (SSSR count). The Kier molecular flexibility index (Phi) is 4.37. The number of amides is 1. The van der Waals surface area contributed by atoms with Crippen LogP contribution in [0.3, 0.4) is 0 Å². The number of fused-ring (bicyclic) bond motifs is 1. The third kappa shape index (κ3) is 2.97. The number of aryl methyl sites for hydroxylation is 1. The summed E-state index contributed by atoms with van der Waals surface area (Å²) in [5.41, 5.74) is 6.81. The molecule has 0 spiro atoms. The number of para-hydroxylation sites is 1. The molecule has 4 heteroatoms. The fourth-order valence-corrected chi connectivity index (χ4v) is 4.46. The number of carbonyl (C=O) groups is 1. The summed E-state index contributed by atoms with van der Waals surface area (Å²) in [6.07, 6.45) is 4.12. The number of likely N-dealkylation sites (tertiary alicyclic amines) is 1. The molecule has 1 saturated heterocycles. The molecule has 2 aliphatic rings. The van der Waals surface area contributed by atoms with Crippen molar-refractivity contribution in [2.24, 2.45) is 17.1 Å². The van der Waals surface area contributed by atoms with Crippen molar-refractivity contribution in [2.45, 2.75) is 51.7 Å². The van der Waals surface area contributed by atoms with Gasteiger partial charge in [-0.3, -0.25) is 4.79 Å². The Morgan fingerprint density at radius 2 is 2.09 bits per heavy atom. The quantitative estimate of drug-likeness (QED) is 0.929. The third-order valence-electron chi connectivity index (χ3n) is 5.82. The van der Waals surface area contributed by atoms with Gasteiger partial charge in [-0.1, -0.05) is 32.0 Å². The number of carbonyl (C=O) groups excluding carboxylic acids is 1. The van der Waals surface area contributed by atoms with Gasteiger partial charge in [-0.05, 0) is 50.9 Å². The van der Waals surface area contributed by atoms with Gasteiger partial charge in [0.2, 0.25) is 5.91 Å². The summed E-state index contributed by atoms with van der Waals surface area (Å²) < 4.78 is 6.30. The number of nitrogens with two attached hydrogens (primary N) is 1. The third-order valence-corrected chi connectivity index (χ3v) is 5.82. The van der Waals surface area contributed by atoms with E-state index in [0.29, 0.717) is 0 Å². The molecule has 0 radical (unpaired) electrons. The first kappa shape index (κ1) is 16.3. The molecule has 0 saturated carbocycles. The molecule has 2 heterocycles. The minimum atomic E-state index is -0.289. The van der Waals surface area contributed by atoms with E-state index in [1.165, 1.54) is 5.56 Å². The monoisotopic (exact) mass is 316 g/mol. The first-order valence-corrected chi connectivity index (χ1v) is 8.65. The van der Waals surface area contributed by atoms with Crippen molar-refractivity contribution in [3.63, 3.8) is 0 Å². The Balaban J connectivity index is 1.85. The lowest BCUT2D eigenvalue weighted by molar-refractivity contribution is -0.132. The fourth-order valence-electron chi connectivity index (χ4n) is 4.46. The van der Waals surface area contributed by atoms with Gasteiger partial charge in [0.15, 0.2) is 0 Å². The topological polar surface area (TPSA) is 55.6 Å². The van der Waals surface area contributed by atoms with Crippen molar-refractivity contribution in [3.05, 3.63) is 29.8 Å². The van der Waals surface area contributed by atoms with Crippen molar-refractivity contribution in [1.29, 1.82) is 0 Å². The summed E-state index contributed by atoms with van der Waals surface area (Å²) in [6.45, 7) is 5.33. The Morgan fingerprint density at radius 3 is 2.74 bits per heavy atom. The second kappa shape index (κ2) is 6.16. The predicted molar refractivity (Wildman–Crippen MR) is 91.3 cm³/mol. The molecule has 1 aromatic carbocycles. The van der Waals surface area contributed by atoms with Gasteiger partial charge in [0.1, 0.15) is 11.9 Å². The maximum absolute atomic E-state index is 12.3. The highest BCUT2D eigenvalue weighted by Crippen LogP contribution is 2.43. The van der Waals surface area contributed by atoms with Crippen LogP contribution in [0.1, 0.15) is 38.7 Å². The average Bonchev–Trinajstić information content (AvgIpc) is 2.92. The van der Waals surface area contributed by atoms with Crippen LogP contribution >= 0.6 is 0 Å². The molecule has 2 N–H and O–H groups in total. The summed E-state index contributed by atoms with van der Waals surface area (Å²) in [7, 11) is 2.10. The minimum Gasteiger partial charge on any atom is -0.490 e. The first-order chi connectivity index (χ1) is 10.9. The Bertz CT molecular complexity index is 584. The van der Waals surface area contributed by atoms with Crippen molar-refractivity contribution in [1.82, 2.24) is 4.90 Å². The molecular formula is C19H28N2O2. The number of rotatable bonds is 4. The Morgan fingerprint density at radius 1 is 1.35 bits per heavy atom. The molecule has 2 aliphatic heterocycles. The lowest BCUT2D eigenvalue weighted by Gasteiger charge is -2.45. The molecule has 1 fully saturated rings. The number of hydrogen-bond acceptors (Lipinski definition) is 3. The Labute approximate surface area is 139 Å². The summed E-state index contributed by atoms with van der Waals surface area (Å²) in [4.78, 5) is 14.6. The van der Waals surface area contributed by atoms with Crippen LogP contribution in [0.15, 0.2) is 24.3 Å². The number of hydrogen-bond donors (Lipinski definition) is 1. The van der Waals surface area contributed by atoms with Crippen molar-refractivity contribution < 1.29 is 9.53 Å². The van der Waals surface area contributed by atoms with E-state index in [1.807, 2.05) is 18.2 Å². The van der Waals surface area contributed by atoms with Gasteiger partial charge < -0.3 is 15.4 Å². The van der Waals surface area contributed by atoms with Crippen LogP contribution in [0, 0.1) is 11.3 Å². The molecule has 23 heavy (non-hydrogen) atoms. The van der Waals surface area contributed by atoms with Crippen LogP contribution in [-0.2, 0) is 11.2 Å². The van der Waals surface area contributed by atoms with Crippen LogP contribution in [0.5, 0.6) is 5.75 Å². The van der Waals surface area contributed by atoms with E-state index in [2.05, 4.69) is 31.9 Å². The van der Waals surface area contributed by atoms with Crippen LogP contribution in [0.25, 0.3) is 0 Å². The zero-order chi connectivity index (χ0) is 16.6. The van der Waals surface area contributed by atoms with Gasteiger partial charge >= 0.3 is 0 Å². The molecule has 126 valence electrons. The van der Waals surface area contributed by atoms with Gasteiger partial charge in [0.25, 0.3) is 0 Å². The van der Waals surface area contributed by atoms with Gasteiger partial charge in [0, 0.05) is 11.5 Å². The smallest absolute Gasteiger partial charge is 0.222 e. The Hall–Kier alpha value is -1.55. The molecule has 0 aliphatic carbocycles. The summed E-state index contributed by atoms with van der Waals surface area (Å²) in [5.74, 6) is 0.571. The van der Waals surface area contributed by atoms with E-state index in [9.17, 15) is 4.79 Å². The lowest BCUT2D eigenvalue weighted by Crippen LogP contribution is -2.54. The summed E-state index contributed by atoms with van der Waals surface area (Å²) in [6, 6.07) is 8.42. The largest absolute Gasteiger partial charge is 0.490 e. The SMILES string of the molecule is CN1CCC[C@H]1C(C(N)=O)C(C)(C)[C@H]1CCc2ccccc2O1. The van der Waals surface area contributed by atoms with E-state index < -0.39 is 0 Å². The van der Waals surface area contributed by atoms with E-state index >= 15 is 0 Å². The molecule has 1 unspecified atom stereocenters. The summed E-state index contributed by atoms with van der Waals surface area (Å²) in [5, 5.41) is 0. The van der Waals surface area contributed by atoms with Crippen LogP contribution in [-0.4, -0.2) is 36.5 Å². The molecule has 1 amide bonds. The van der Waals surface area contributed by atoms with Gasteiger partial charge in [-0.2, -0.15) is 0 Å². The molecular weight excluding hydrogens is 288 g/mol. The zero-order valence-corrected chi connectivity index (χ0v) is 14.4. The van der Waals surface area contributed by atoms with Gasteiger partial charge in [-0.15, -0.1) is 0 Å². The van der Waals surface area contributed by atoms with Crippen LogP contribution in [0.2, 0.25) is 0 Å². The first-order valence-electron chi connectivity index (χ1n) is 8.65. The highest BCUT2D eigenvalue weighted by molar-refractivity contribution is 5.78. The molecule has 0 aromatic heterocycles. The van der Waals surface area contributed by atoms with E-state index in [-0.39, 0.29) is 29.4 Å². The predicted octanol–water partition coefficient (Wildman–Crippen LogP) is 2.60. The van der Waals surface area contributed by atoms with Crippen molar-refractivity contribution in [3.8, 4) is 5.75 Å². The second-order valence-corrected chi connectivity index (χ2v) is 7.64. The lowest BCUT2D eigenvalue weighted by atomic mass is 9.68. The fraction of sp³-hybridized carbons (Fsp3) is 0.632. The summed E-state index contributed by atoms with van der Waals surface area (Å²) >= 11 is 0. The van der Waals surface area contributed by atoms with E-state index in [1.54, 1.807) is 0 Å². The van der Waals surface area contributed by atoms with Crippen LogP contribution in [0.4, 0.5) is 0 Å². The van der Waals surface area contributed by atoms with Gasteiger partial charge in [0.05, 0.1) is 5.92 Å². The molecule has 1 aromatic rings. The zero-order valence-electron chi connectivity index (χ0n) is 14.4. The minimum absolute atomic E-state index is 0.0175. The highest BCUT2D eigenvalue weighted by atomic mass is 16.5. The number of nitrogens with zero attached hydrogens (tertiary/aromatic N) is 1.